The van der Waals surface area contributed by atoms with E-state index in [0.29, 0.717) is 5.33 Å². The second-order valence-electron chi connectivity index (χ2n) is 3.91. The average Bonchev–Trinajstić information content (AvgIpc) is 2.49. The van der Waals surface area contributed by atoms with Gasteiger partial charge in [0, 0.05) is 28.5 Å². The number of alkyl halides is 2. The summed E-state index contributed by atoms with van der Waals surface area (Å²) in [6, 6.07) is 1.19. The van der Waals surface area contributed by atoms with E-state index in [0.717, 1.165) is 0 Å². The Morgan fingerprint density at radius 1 is 1.32 bits per heavy atom. The molecule has 2 N–H and O–H groups in total. The number of rotatable bonds is 8. The minimum absolute atomic E-state index is 0.00929. The summed E-state index contributed by atoms with van der Waals surface area (Å²) < 4.78 is 9.93. The van der Waals surface area contributed by atoms with Gasteiger partial charge in [-0.05, 0) is 0 Å². The van der Waals surface area contributed by atoms with E-state index in [2.05, 4.69) is 41.7 Å². The molecule has 8 nitrogen and oxygen atoms in total. The zero-order valence-corrected chi connectivity index (χ0v) is 14.4. The van der Waals surface area contributed by atoms with Crippen LogP contribution in [0.3, 0.4) is 0 Å². The number of ether oxygens (including phenoxy) is 2. The van der Waals surface area contributed by atoms with Gasteiger partial charge in [0.25, 0.3) is 0 Å². The Hall–Kier alpha value is -1.07. The number of carbonyl (C=O) groups excluding carboxylic acids is 2. The number of aliphatic hydroxyl groups excluding tert-OH is 1. The molecule has 0 saturated carbocycles. The number of esters is 2. The molecule has 1 rings (SSSR count). The van der Waals surface area contributed by atoms with E-state index in [1.165, 1.54) is 12.3 Å². The lowest BCUT2D eigenvalue weighted by molar-refractivity contribution is -0.253. The van der Waals surface area contributed by atoms with Gasteiger partial charge in [0.2, 0.25) is 5.88 Å². The highest BCUT2D eigenvalue weighted by molar-refractivity contribution is 9.09. The van der Waals surface area contributed by atoms with Crippen LogP contribution in [0, 0.1) is 0 Å². The fourth-order valence-corrected chi connectivity index (χ4v) is 1.85. The van der Waals surface area contributed by atoms with E-state index in [4.69, 9.17) is 14.7 Å². The number of pyridine rings is 1. The maximum Gasteiger partial charge on any atom is 0.342 e. The smallest absolute Gasteiger partial charge is 0.342 e. The molecule has 0 saturated heterocycles. The zero-order valence-electron chi connectivity index (χ0n) is 11.2. The summed E-state index contributed by atoms with van der Waals surface area (Å²) in [6.45, 7) is -0.262. The largest absolute Gasteiger partial charge is 0.426 e. The molecule has 22 heavy (non-hydrogen) atoms. The van der Waals surface area contributed by atoms with E-state index in [1.54, 1.807) is 0 Å². The second kappa shape index (κ2) is 9.85. The highest BCUT2D eigenvalue weighted by Crippen LogP contribution is 2.24. The normalized spacial score (nSPS) is 11.8. The topological polar surface area (TPSA) is 115 Å². The molecule has 0 bridgehead atoms. The van der Waals surface area contributed by atoms with Crippen molar-refractivity contribution in [2.75, 3.05) is 10.7 Å². The lowest BCUT2D eigenvalue weighted by Gasteiger charge is -2.11. The van der Waals surface area contributed by atoms with Crippen molar-refractivity contribution in [3.8, 4) is 11.6 Å². The van der Waals surface area contributed by atoms with Crippen LogP contribution in [0.25, 0.3) is 0 Å². The molecule has 0 aliphatic carbocycles. The standard InChI is InChI=1S/C12H13Br2NO7/c13-2-1-11(17)21-9-3-10(15-5-7(9)6-20-19)22-12(18)8(16)4-14/h3,5,8,16,19H,1-2,4,6H2. The minimum atomic E-state index is -1.35. The molecule has 0 aliphatic rings. The Bertz CT molecular complexity index is 526. The van der Waals surface area contributed by atoms with Crippen LogP contribution in [-0.2, 0) is 21.1 Å². The molecule has 0 fully saturated rings. The highest BCUT2D eigenvalue weighted by Gasteiger charge is 2.18. The summed E-state index contributed by atoms with van der Waals surface area (Å²) in [4.78, 5) is 30.8. The molecule has 1 heterocycles. The predicted octanol–water partition coefficient (Wildman–Crippen LogP) is 1.42. The van der Waals surface area contributed by atoms with Crippen molar-refractivity contribution in [1.82, 2.24) is 4.98 Å². The molecule has 1 unspecified atom stereocenters. The summed E-state index contributed by atoms with van der Waals surface area (Å²) >= 11 is 6.04. The first-order chi connectivity index (χ1) is 10.5. The lowest BCUT2D eigenvalue weighted by atomic mass is 10.2. The van der Waals surface area contributed by atoms with Gasteiger partial charge >= 0.3 is 11.9 Å². The number of hydrogen-bond acceptors (Lipinski definition) is 8. The summed E-state index contributed by atoms with van der Waals surface area (Å²) in [7, 11) is 0. The summed E-state index contributed by atoms with van der Waals surface area (Å²) in [5.41, 5.74) is 0.284. The van der Waals surface area contributed by atoms with Gasteiger partial charge in [0.1, 0.15) is 12.4 Å². The van der Waals surface area contributed by atoms with Crippen molar-refractivity contribution in [1.29, 1.82) is 0 Å². The van der Waals surface area contributed by atoms with Gasteiger partial charge in [-0.25, -0.2) is 14.7 Å². The van der Waals surface area contributed by atoms with Crippen molar-refractivity contribution in [2.24, 2.45) is 0 Å². The van der Waals surface area contributed by atoms with E-state index < -0.39 is 18.0 Å². The van der Waals surface area contributed by atoms with Gasteiger partial charge in [-0.3, -0.25) is 10.1 Å². The first kappa shape index (κ1) is 19.0. The SMILES string of the molecule is O=C(CCBr)Oc1cc(OC(=O)C(O)CBr)ncc1COO. The Morgan fingerprint density at radius 2 is 2.05 bits per heavy atom. The molecule has 0 aliphatic heterocycles. The van der Waals surface area contributed by atoms with Gasteiger partial charge in [-0.1, -0.05) is 31.9 Å². The maximum absolute atomic E-state index is 11.5. The van der Waals surface area contributed by atoms with Gasteiger partial charge in [0.15, 0.2) is 6.10 Å². The van der Waals surface area contributed by atoms with Crippen LogP contribution in [0.5, 0.6) is 11.6 Å². The number of aromatic nitrogens is 1. The molecule has 122 valence electrons. The third-order valence-corrected chi connectivity index (χ3v) is 3.29. The molecule has 0 aromatic carbocycles. The van der Waals surface area contributed by atoms with E-state index in [1.807, 2.05) is 0 Å². The van der Waals surface area contributed by atoms with Crippen molar-refractivity contribution in [3.63, 3.8) is 0 Å². The number of nitrogens with zero attached hydrogens (tertiary/aromatic N) is 1. The molecule has 0 amide bonds. The van der Waals surface area contributed by atoms with Crippen LogP contribution in [-0.4, -0.2) is 44.1 Å². The predicted molar refractivity (Wildman–Crippen MR) is 81.1 cm³/mol. The number of halogens is 2. The maximum atomic E-state index is 11.5. The quantitative estimate of drug-likeness (QED) is 0.269. The molecule has 1 aromatic rings. The second-order valence-corrected chi connectivity index (χ2v) is 5.35. The number of hydrogen-bond donors (Lipinski definition) is 2. The zero-order chi connectivity index (χ0) is 16.5. The van der Waals surface area contributed by atoms with Crippen LogP contribution >= 0.6 is 31.9 Å². The molecule has 1 atom stereocenters. The third-order valence-electron chi connectivity index (χ3n) is 2.28. The number of carbonyl (C=O) groups is 2. The molecular weight excluding hydrogens is 430 g/mol. The van der Waals surface area contributed by atoms with Gasteiger partial charge in [0.05, 0.1) is 6.42 Å². The fourth-order valence-electron chi connectivity index (χ4n) is 1.26. The summed E-state index contributed by atoms with van der Waals surface area (Å²) in [6.07, 6.45) is -0.00317. The first-order valence-electron chi connectivity index (χ1n) is 5.99. The average molecular weight is 443 g/mol. The highest BCUT2D eigenvalue weighted by atomic mass is 79.9. The summed E-state index contributed by atoms with van der Waals surface area (Å²) in [5, 5.41) is 18.2. The van der Waals surface area contributed by atoms with Gasteiger partial charge in [-0.2, -0.15) is 0 Å². The summed E-state index contributed by atoms with van der Waals surface area (Å²) in [5.74, 6) is -1.56. The van der Waals surface area contributed by atoms with Crippen molar-refractivity contribution >= 4 is 43.8 Å². The monoisotopic (exact) mass is 441 g/mol. The van der Waals surface area contributed by atoms with E-state index >= 15 is 0 Å². The Kier molecular flexibility index (Phi) is 8.49. The lowest BCUT2D eigenvalue weighted by Crippen LogP contribution is -2.27. The Balaban J connectivity index is 2.93. The van der Waals surface area contributed by atoms with Gasteiger partial charge < -0.3 is 14.6 Å². The molecule has 1 aromatic heterocycles. The van der Waals surface area contributed by atoms with Crippen molar-refractivity contribution < 1.29 is 34.3 Å². The molecule has 0 radical (unpaired) electrons. The molecule has 0 spiro atoms. The van der Waals surface area contributed by atoms with Crippen LogP contribution < -0.4 is 9.47 Å². The molecular formula is C12H13Br2NO7. The fraction of sp³-hybridized carbons (Fsp3) is 0.417. The van der Waals surface area contributed by atoms with Crippen LogP contribution in [0.4, 0.5) is 0 Å². The van der Waals surface area contributed by atoms with Crippen LogP contribution in [0.2, 0.25) is 0 Å². The van der Waals surface area contributed by atoms with Crippen LogP contribution in [0.15, 0.2) is 12.3 Å². The van der Waals surface area contributed by atoms with Crippen LogP contribution in [0.1, 0.15) is 12.0 Å². The van der Waals surface area contributed by atoms with Crippen molar-refractivity contribution in [2.45, 2.75) is 19.1 Å². The number of aliphatic hydroxyl groups is 1. The van der Waals surface area contributed by atoms with Gasteiger partial charge in [-0.15, -0.1) is 0 Å². The van der Waals surface area contributed by atoms with Crippen molar-refractivity contribution in [3.05, 3.63) is 17.8 Å². The Labute approximate surface area is 142 Å². The third kappa shape index (κ3) is 5.97. The van der Waals surface area contributed by atoms with E-state index in [-0.39, 0.29) is 35.6 Å². The molecule has 10 heteroatoms. The first-order valence-corrected chi connectivity index (χ1v) is 8.23. The Morgan fingerprint density at radius 3 is 2.64 bits per heavy atom. The van der Waals surface area contributed by atoms with E-state index in [9.17, 15) is 14.7 Å². The minimum Gasteiger partial charge on any atom is -0.426 e.